The third-order valence-corrected chi connectivity index (χ3v) is 3.65. The van der Waals surface area contributed by atoms with Crippen molar-refractivity contribution in [3.63, 3.8) is 0 Å². The minimum absolute atomic E-state index is 0.146. The summed E-state index contributed by atoms with van der Waals surface area (Å²) in [6.45, 7) is 5.19. The SMILES string of the molecule is CCCNC(c1cccnc1)c1cccc(Cl)c1C. The molecule has 2 nitrogen and oxygen atoms in total. The van der Waals surface area contributed by atoms with E-state index in [0.717, 1.165) is 23.6 Å². The van der Waals surface area contributed by atoms with Gasteiger partial charge in [-0.25, -0.2) is 0 Å². The number of hydrogen-bond donors (Lipinski definition) is 1. The summed E-state index contributed by atoms with van der Waals surface area (Å²) in [5.41, 5.74) is 3.51. The Labute approximate surface area is 119 Å². The molecule has 1 atom stereocenters. The van der Waals surface area contributed by atoms with Gasteiger partial charge in [-0.1, -0.05) is 36.7 Å². The lowest BCUT2D eigenvalue weighted by Crippen LogP contribution is -2.24. The highest BCUT2D eigenvalue weighted by Gasteiger charge is 2.16. The molecule has 1 aromatic carbocycles. The molecule has 0 amide bonds. The molecule has 0 aliphatic carbocycles. The predicted molar refractivity (Wildman–Crippen MR) is 80.6 cm³/mol. The largest absolute Gasteiger partial charge is 0.306 e. The zero-order valence-electron chi connectivity index (χ0n) is 11.4. The van der Waals surface area contributed by atoms with Crippen LogP contribution in [-0.4, -0.2) is 11.5 Å². The second-order valence-electron chi connectivity index (χ2n) is 4.63. The van der Waals surface area contributed by atoms with Gasteiger partial charge in [0.2, 0.25) is 0 Å². The van der Waals surface area contributed by atoms with Gasteiger partial charge in [0.25, 0.3) is 0 Å². The first kappa shape index (κ1) is 14.0. The molecule has 0 aliphatic rings. The van der Waals surface area contributed by atoms with Gasteiger partial charge in [0, 0.05) is 17.4 Å². The van der Waals surface area contributed by atoms with E-state index in [2.05, 4.69) is 36.3 Å². The number of nitrogens with one attached hydrogen (secondary N) is 1. The van der Waals surface area contributed by atoms with E-state index in [1.165, 1.54) is 11.1 Å². The minimum Gasteiger partial charge on any atom is -0.306 e. The summed E-state index contributed by atoms with van der Waals surface area (Å²) in [4.78, 5) is 4.22. The number of halogens is 1. The molecule has 3 heteroatoms. The van der Waals surface area contributed by atoms with Crippen molar-refractivity contribution < 1.29 is 0 Å². The lowest BCUT2D eigenvalue weighted by atomic mass is 9.96. The van der Waals surface area contributed by atoms with Gasteiger partial charge >= 0.3 is 0 Å². The van der Waals surface area contributed by atoms with E-state index in [1.54, 1.807) is 6.20 Å². The first-order valence-corrected chi connectivity index (χ1v) is 7.00. The highest BCUT2D eigenvalue weighted by molar-refractivity contribution is 6.31. The summed E-state index contributed by atoms with van der Waals surface area (Å²) in [6.07, 6.45) is 4.80. The predicted octanol–water partition coefficient (Wildman–Crippen LogP) is 4.13. The Hall–Kier alpha value is -1.38. The highest BCUT2D eigenvalue weighted by Crippen LogP contribution is 2.28. The molecule has 2 aromatic rings. The van der Waals surface area contributed by atoms with E-state index >= 15 is 0 Å². The van der Waals surface area contributed by atoms with Crippen molar-refractivity contribution in [3.05, 3.63) is 64.4 Å². The molecule has 0 saturated heterocycles. The monoisotopic (exact) mass is 274 g/mol. The van der Waals surface area contributed by atoms with Crippen LogP contribution in [0.15, 0.2) is 42.7 Å². The molecule has 19 heavy (non-hydrogen) atoms. The molecule has 1 heterocycles. The fourth-order valence-electron chi connectivity index (χ4n) is 2.18. The zero-order valence-corrected chi connectivity index (χ0v) is 12.1. The van der Waals surface area contributed by atoms with Crippen LogP contribution in [0.2, 0.25) is 5.02 Å². The molecule has 0 aliphatic heterocycles. The standard InChI is InChI=1S/C16H19ClN2/c1-3-9-19-16(13-6-5-10-18-11-13)14-7-4-8-15(17)12(14)2/h4-8,10-11,16,19H,3,9H2,1-2H3. The smallest absolute Gasteiger partial charge is 0.0595 e. The highest BCUT2D eigenvalue weighted by atomic mass is 35.5. The van der Waals surface area contributed by atoms with Crippen LogP contribution in [0, 0.1) is 6.92 Å². The van der Waals surface area contributed by atoms with Crippen molar-refractivity contribution >= 4 is 11.6 Å². The molecule has 0 spiro atoms. The van der Waals surface area contributed by atoms with E-state index in [-0.39, 0.29) is 6.04 Å². The zero-order chi connectivity index (χ0) is 13.7. The Morgan fingerprint density at radius 1 is 1.26 bits per heavy atom. The van der Waals surface area contributed by atoms with Crippen LogP contribution in [0.1, 0.15) is 36.1 Å². The van der Waals surface area contributed by atoms with Gasteiger partial charge in [0.1, 0.15) is 0 Å². The maximum Gasteiger partial charge on any atom is 0.0595 e. The van der Waals surface area contributed by atoms with E-state index in [0.29, 0.717) is 0 Å². The minimum atomic E-state index is 0.146. The average molecular weight is 275 g/mol. The molecule has 1 N–H and O–H groups in total. The normalized spacial score (nSPS) is 12.4. The fourth-order valence-corrected chi connectivity index (χ4v) is 2.36. The maximum absolute atomic E-state index is 6.24. The Bertz CT molecular complexity index is 526. The summed E-state index contributed by atoms with van der Waals surface area (Å²) in [5.74, 6) is 0. The molecule has 0 bridgehead atoms. The van der Waals surface area contributed by atoms with Crippen molar-refractivity contribution in [2.75, 3.05) is 6.54 Å². The van der Waals surface area contributed by atoms with E-state index in [1.807, 2.05) is 24.4 Å². The van der Waals surface area contributed by atoms with Gasteiger partial charge in [-0.05, 0) is 48.7 Å². The lowest BCUT2D eigenvalue weighted by Gasteiger charge is -2.21. The maximum atomic E-state index is 6.24. The Kier molecular flexibility index (Phi) is 4.94. The summed E-state index contributed by atoms with van der Waals surface area (Å²) in [5, 5.41) is 4.38. The molecule has 0 saturated carbocycles. The Balaban J connectivity index is 2.40. The number of aromatic nitrogens is 1. The Morgan fingerprint density at radius 2 is 2.11 bits per heavy atom. The second kappa shape index (κ2) is 6.69. The van der Waals surface area contributed by atoms with Crippen LogP contribution >= 0.6 is 11.6 Å². The second-order valence-corrected chi connectivity index (χ2v) is 5.03. The molecule has 2 rings (SSSR count). The quantitative estimate of drug-likeness (QED) is 0.887. The van der Waals surface area contributed by atoms with E-state index in [4.69, 9.17) is 11.6 Å². The number of rotatable bonds is 5. The first-order chi connectivity index (χ1) is 9.24. The number of nitrogens with zero attached hydrogens (tertiary/aromatic N) is 1. The lowest BCUT2D eigenvalue weighted by molar-refractivity contribution is 0.595. The molecule has 100 valence electrons. The van der Waals surface area contributed by atoms with Crippen molar-refractivity contribution in [1.29, 1.82) is 0 Å². The fraction of sp³-hybridized carbons (Fsp3) is 0.312. The molecular weight excluding hydrogens is 256 g/mol. The third-order valence-electron chi connectivity index (χ3n) is 3.24. The van der Waals surface area contributed by atoms with Crippen molar-refractivity contribution in [3.8, 4) is 0 Å². The summed E-state index contributed by atoms with van der Waals surface area (Å²) in [7, 11) is 0. The average Bonchev–Trinajstić information content (AvgIpc) is 2.45. The van der Waals surface area contributed by atoms with Crippen molar-refractivity contribution in [1.82, 2.24) is 10.3 Å². The van der Waals surface area contributed by atoms with Crippen molar-refractivity contribution in [2.24, 2.45) is 0 Å². The van der Waals surface area contributed by atoms with Crippen LogP contribution in [0.5, 0.6) is 0 Å². The third kappa shape index (κ3) is 3.34. The van der Waals surface area contributed by atoms with Crippen LogP contribution in [0.3, 0.4) is 0 Å². The van der Waals surface area contributed by atoms with Gasteiger partial charge in [-0.3, -0.25) is 4.98 Å². The number of benzene rings is 1. The van der Waals surface area contributed by atoms with Gasteiger partial charge in [-0.15, -0.1) is 0 Å². The van der Waals surface area contributed by atoms with Gasteiger partial charge in [0.15, 0.2) is 0 Å². The van der Waals surface area contributed by atoms with Crippen LogP contribution in [0.4, 0.5) is 0 Å². The topological polar surface area (TPSA) is 24.9 Å². The molecule has 0 radical (unpaired) electrons. The summed E-state index contributed by atoms with van der Waals surface area (Å²) < 4.78 is 0. The van der Waals surface area contributed by atoms with Crippen LogP contribution < -0.4 is 5.32 Å². The van der Waals surface area contributed by atoms with Gasteiger partial charge in [-0.2, -0.15) is 0 Å². The molecule has 1 unspecified atom stereocenters. The first-order valence-electron chi connectivity index (χ1n) is 6.62. The summed E-state index contributed by atoms with van der Waals surface area (Å²) >= 11 is 6.24. The molecule has 0 fully saturated rings. The van der Waals surface area contributed by atoms with Crippen molar-refractivity contribution in [2.45, 2.75) is 26.3 Å². The molecular formula is C16H19ClN2. The van der Waals surface area contributed by atoms with Crippen LogP contribution in [0.25, 0.3) is 0 Å². The number of pyridine rings is 1. The number of hydrogen-bond acceptors (Lipinski definition) is 2. The van der Waals surface area contributed by atoms with Crippen LogP contribution in [-0.2, 0) is 0 Å². The Morgan fingerprint density at radius 3 is 2.79 bits per heavy atom. The summed E-state index contributed by atoms with van der Waals surface area (Å²) in [6, 6.07) is 10.3. The molecule has 1 aromatic heterocycles. The van der Waals surface area contributed by atoms with Gasteiger partial charge in [0.05, 0.1) is 6.04 Å². The van der Waals surface area contributed by atoms with Gasteiger partial charge < -0.3 is 5.32 Å². The van der Waals surface area contributed by atoms with E-state index in [9.17, 15) is 0 Å². The van der Waals surface area contributed by atoms with E-state index < -0.39 is 0 Å².